The molecule has 0 radical (unpaired) electrons. The molecule has 0 aliphatic heterocycles. The van der Waals surface area contributed by atoms with Crippen LogP contribution < -0.4 is 5.32 Å². The van der Waals surface area contributed by atoms with Crippen LogP contribution in [0.1, 0.15) is 17.8 Å². The molecule has 1 aromatic carbocycles. The smallest absolute Gasteiger partial charge is 0.230 e. The molecule has 1 N–H and O–H groups in total. The molecule has 1 atom stereocenters. The van der Waals surface area contributed by atoms with Gasteiger partial charge in [0.05, 0.1) is 11.8 Å². The first-order valence-corrected chi connectivity index (χ1v) is 9.90. The van der Waals surface area contributed by atoms with Crippen molar-refractivity contribution in [3.8, 4) is 11.4 Å². The Bertz CT molecular complexity index is 846. The zero-order valence-electron chi connectivity index (χ0n) is 13.8. The zero-order chi connectivity index (χ0) is 17.8. The molecule has 130 valence electrons. The standard InChI is InChI=1S/C17H17ClN4OS2/c1-11(14-4-3-9-24-14)19-15(23)10-25-17-21-20-16(22(17)2)12-5-7-13(18)8-6-12/h3-9,11H,10H2,1-2H3,(H,19,23)/t11-/m0/s1. The monoisotopic (exact) mass is 392 g/mol. The molecule has 0 unspecified atom stereocenters. The molecule has 0 aliphatic carbocycles. The third-order valence-electron chi connectivity index (χ3n) is 3.62. The van der Waals surface area contributed by atoms with E-state index in [1.165, 1.54) is 11.8 Å². The van der Waals surface area contributed by atoms with E-state index in [4.69, 9.17) is 11.6 Å². The molecule has 0 saturated carbocycles. The van der Waals surface area contributed by atoms with Gasteiger partial charge in [0.15, 0.2) is 11.0 Å². The lowest BCUT2D eigenvalue weighted by molar-refractivity contribution is -0.119. The fourth-order valence-corrected chi connectivity index (χ4v) is 3.90. The fraction of sp³-hybridized carbons (Fsp3) is 0.235. The minimum Gasteiger partial charge on any atom is -0.348 e. The van der Waals surface area contributed by atoms with Crippen molar-refractivity contribution in [2.75, 3.05) is 5.75 Å². The zero-order valence-corrected chi connectivity index (χ0v) is 16.2. The van der Waals surface area contributed by atoms with Gasteiger partial charge in [-0.3, -0.25) is 4.79 Å². The van der Waals surface area contributed by atoms with Gasteiger partial charge in [0, 0.05) is 22.5 Å². The minimum atomic E-state index is -0.0260. The average molecular weight is 393 g/mol. The lowest BCUT2D eigenvalue weighted by atomic mass is 10.2. The number of rotatable bonds is 6. The van der Waals surface area contributed by atoms with E-state index < -0.39 is 0 Å². The summed E-state index contributed by atoms with van der Waals surface area (Å²) in [7, 11) is 1.89. The highest BCUT2D eigenvalue weighted by atomic mass is 35.5. The summed E-state index contributed by atoms with van der Waals surface area (Å²) >= 11 is 8.92. The number of benzene rings is 1. The van der Waals surface area contributed by atoms with E-state index >= 15 is 0 Å². The lowest BCUT2D eigenvalue weighted by Crippen LogP contribution is -2.27. The SMILES string of the molecule is C[C@H](NC(=O)CSc1nnc(-c2ccc(Cl)cc2)n1C)c1cccs1. The number of aromatic nitrogens is 3. The molecule has 25 heavy (non-hydrogen) atoms. The second-order valence-electron chi connectivity index (χ2n) is 5.47. The molecule has 3 rings (SSSR count). The Morgan fingerprint density at radius 1 is 1.32 bits per heavy atom. The van der Waals surface area contributed by atoms with Crippen LogP contribution in [0.2, 0.25) is 5.02 Å². The summed E-state index contributed by atoms with van der Waals surface area (Å²) in [6, 6.07) is 11.4. The van der Waals surface area contributed by atoms with Crippen molar-refractivity contribution in [1.29, 1.82) is 0 Å². The Kier molecular flexibility index (Phi) is 5.78. The molecule has 0 saturated heterocycles. The van der Waals surface area contributed by atoms with E-state index in [0.717, 1.165) is 16.3 Å². The summed E-state index contributed by atoms with van der Waals surface area (Å²) in [6.07, 6.45) is 0. The maximum Gasteiger partial charge on any atom is 0.230 e. The highest BCUT2D eigenvalue weighted by Crippen LogP contribution is 2.24. The Morgan fingerprint density at radius 3 is 2.76 bits per heavy atom. The normalized spacial score (nSPS) is 12.1. The molecule has 0 fully saturated rings. The van der Waals surface area contributed by atoms with Gasteiger partial charge in [0.25, 0.3) is 0 Å². The predicted molar refractivity (Wildman–Crippen MR) is 103 cm³/mol. The fourth-order valence-electron chi connectivity index (χ4n) is 2.31. The Hall–Kier alpha value is -1.83. The molecule has 2 aromatic heterocycles. The predicted octanol–water partition coefficient (Wildman–Crippen LogP) is 4.17. The minimum absolute atomic E-state index is 0.0113. The number of carbonyl (C=O) groups is 1. The number of thiophene rings is 1. The van der Waals surface area contributed by atoms with Crippen molar-refractivity contribution in [2.45, 2.75) is 18.1 Å². The number of nitrogens with one attached hydrogen (secondary N) is 1. The molecule has 8 heteroatoms. The van der Waals surface area contributed by atoms with Crippen molar-refractivity contribution in [3.05, 3.63) is 51.7 Å². The van der Waals surface area contributed by atoms with E-state index in [0.29, 0.717) is 15.9 Å². The highest BCUT2D eigenvalue weighted by Gasteiger charge is 2.15. The number of carbonyl (C=O) groups excluding carboxylic acids is 1. The van der Waals surface area contributed by atoms with Crippen LogP contribution in [0.3, 0.4) is 0 Å². The van der Waals surface area contributed by atoms with Gasteiger partial charge < -0.3 is 9.88 Å². The maximum atomic E-state index is 12.1. The molecule has 0 bridgehead atoms. The molecule has 1 amide bonds. The van der Waals surface area contributed by atoms with Gasteiger partial charge in [-0.15, -0.1) is 21.5 Å². The summed E-state index contributed by atoms with van der Waals surface area (Å²) in [6.45, 7) is 1.98. The molecule has 0 spiro atoms. The second-order valence-corrected chi connectivity index (χ2v) is 7.82. The molecule has 5 nitrogen and oxygen atoms in total. The van der Waals surface area contributed by atoms with E-state index in [1.807, 2.05) is 60.3 Å². The Balaban J connectivity index is 1.60. The van der Waals surface area contributed by atoms with Crippen LogP contribution in [0.15, 0.2) is 46.9 Å². The third-order valence-corrected chi connectivity index (χ3v) is 5.94. The lowest BCUT2D eigenvalue weighted by Gasteiger charge is -2.11. The quantitative estimate of drug-likeness (QED) is 0.639. The van der Waals surface area contributed by atoms with E-state index in [9.17, 15) is 4.79 Å². The van der Waals surface area contributed by atoms with Crippen LogP contribution in [-0.4, -0.2) is 26.4 Å². The van der Waals surface area contributed by atoms with Crippen LogP contribution in [0, 0.1) is 0 Å². The summed E-state index contributed by atoms with van der Waals surface area (Å²) in [5.74, 6) is 1.01. The maximum absolute atomic E-state index is 12.1. The van der Waals surface area contributed by atoms with Gasteiger partial charge >= 0.3 is 0 Å². The van der Waals surface area contributed by atoms with Crippen LogP contribution in [0.5, 0.6) is 0 Å². The van der Waals surface area contributed by atoms with Crippen LogP contribution >= 0.6 is 34.7 Å². The number of nitrogens with zero attached hydrogens (tertiary/aromatic N) is 3. The second kappa shape index (κ2) is 8.03. The van der Waals surface area contributed by atoms with E-state index in [1.54, 1.807) is 11.3 Å². The largest absolute Gasteiger partial charge is 0.348 e. The summed E-state index contributed by atoms with van der Waals surface area (Å²) in [5, 5.41) is 14.8. The van der Waals surface area contributed by atoms with Crippen molar-refractivity contribution in [1.82, 2.24) is 20.1 Å². The van der Waals surface area contributed by atoms with Gasteiger partial charge in [-0.05, 0) is 42.6 Å². The van der Waals surface area contributed by atoms with Crippen molar-refractivity contribution in [2.24, 2.45) is 7.05 Å². The number of halogens is 1. The molecule has 0 aliphatic rings. The molecule has 3 aromatic rings. The van der Waals surface area contributed by atoms with Crippen LogP contribution in [0.25, 0.3) is 11.4 Å². The third kappa shape index (κ3) is 4.42. The van der Waals surface area contributed by atoms with Crippen LogP contribution in [-0.2, 0) is 11.8 Å². The van der Waals surface area contributed by atoms with Gasteiger partial charge in [-0.1, -0.05) is 29.4 Å². The van der Waals surface area contributed by atoms with Crippen molar-refractivity contribution in [3.63, 3.8) is 0 Å². The number of hydrogen-bond donors (Lipinski definition) is 1. The first-order valence-electron chi connectivity index (χ1n) is 7.65. The Morgan fingerprint density at radius 2 is 2.08 bits per heavy atom. The average Bonchev–Trinajstić information content (AvgIpc) is 3.24. The summed E-state index contributed by atoms with van der Waals surface area (Å²) < 4.78 is 1.88. The van der Waals surface area contributed by atoms with Crippen molar-refractivity contribution >= 4 is 40.6 Å². The topological polar surface area (TPSA) is 59.8 Å². The Labute approximate surface area is 159 Å². The number of thioether (sulfide) groups is 1. The van der Waals surface area contributed by atoms with Gasteiger partial charge in [-0.2, -0.15) is 0 Å². The number of hydrogen-bond acceptors (Lipinski definition) is 5. The van der Waals surface area contributed by atoms with E-state index in [-0.39, 0.29) is 11.9 Å². The van der Waals surface area contributed by atoms with E-state index in [2.05, 4.69) is 15.5 Å². The first kappa shape index (κ1) is 18.0. The summed E-state index contributed by atoms with van der Waals surface area (Å²) in [5.41, 5.74) is 0.932. The van der Waals surface area contributed by atoms with Gasteiger partial charge in [0.2, 0.25) is 5.91 Å². The molecular formula is C17H17ClN4OS2. The van der Waals surface area contributed by atoms with Crippen molar-refractivity contribution < 1.29 is 4.79 Å². The van der Waals surface area contributed by atoms with Gasteiger partial charge in [0.1, 0.15) is 0 Å². The summed E-state index contributed by atoms with van der Waals surface area (Å²) in [4.78, 5) is 13.3. The number of amides is 1. The molecule has 2 heterocycles. The molecular weight excluding hydrogens is 376 g/mol. The highest BCUT2D eigenvalue weighted by molar-refractivity contribution is 7.99. The van der Waals surface area contributed by atoms with Crippen LogP contribution in [0.4, 0.5) is 0 Å². The van der Waals surface area contributed by atoms with Gasteiger partial charge in [-0.25, -0.2) is 0 Å². The first-order chi connectivity index (χ1) is 12.0.